The number of esters is 1. The van der Waals surface area contributed by atoms with E-state index in [1.165, 1.54) is 45.2 Å². The molecule has 2 aliphatic carbocycles. The minimum atomic E-state index is -0.149. The molecule has 4 atom stereocenters. The molecule has 0 N–H and O–H groups in total. The van der Waals surface area contributed by atoms with E-state index in [4.69, 9.17) is 4.74 Å². The normalized spacial score (nSPS) is 34.9. The summed E-state index contributed by atoms with van der Waals surface area (Å²) in [6.07, 6.45) is 6.47. The Labute approximate surface area is 170 Å². The minimum absolute atomic E-state index is 0. The lowest BCUT2D eigenvalue weighted by Gasteiger charge is -2.40. The number of rotatable bonds is 4. The Balaban J connectivity index is 0.00000210. The summed E-state index contributed by atoms with van der Waals surface area (Å²) in [6.45, 7) is 10.7. The van der Waals surface area contributed by atoms with Gasteiger partial charge in [0, 0.05) is 17.9 Å². The number of benzene rings is 1. The molecule has 150 valence electrons. The van der Waals surface area contributed by atoms with E-state index < -0.39 is 0 Å². The first-order valence-corrected chi connectivity index (χ1v) is 10.4. The third kappa shape index (κ3) is 3.42. The first kappa shape index (κ1) is 20.7. The van der Waals surface area contributed by atoms with Crippen molar-refractivity contribution in [1.29, 1.82) is 0 Å². The average molecular weight is 392 g/mol. The number of carbonyl (C=O) groups is 1. The molecule has 0 radical (unpaired) electrons. The van der Waals surface area contributed by atoms with Crippen molar-refractivity contribution in [3.8, 4) is 0 Å². The highest BCUT2D eigenvalue weighted by atomic mass is 35.5. The second kappa shape index (κ2) is 7.75. The zero-order chi connectivity index (χ0) is 18.4. The molecule has 1 aromatic carbocycles. The molecule has 1 heterocycles. The van der Waals surface area contributed by atoms with Crippen molar-refractivity contribution in [3.63, 3.8) is 0 Å². The van der Waals surface area contributed by atoms with Crippen molar-refractivity contribution in [3.05, 3.63) is 35.9 Å². The van der Waals surface area contributed by atoms with Crippen molar-refractivity contribution >= 4 is 18.4 Å². The number of ether oxygens (including phenoxy) is 1. The van der Waals surface area contributed by atoms with Gasteiger partial charge in [-0.1, -0.05) is 45.4 Å². The Morgan fingerprint density at radius 2 is 1.78 bits per heavy atom. The molecular formula is C23H34ClNO2. The SMILES string of the molecule is CC1(C)C2CCC1(C)C(OC(=O)c1ccccc1)C2CN1CCCCC1.Cl. The van der Waals surface area contributed by atoms with Crippen LogP contribution in [0.2, 0.25) is 0 Å². The molecule has 1 saturated heterocycles. The fourth-order valence-electron chi connectivity index (χ4n) is 6.14. The fourth-order valence-corrected chi connectivity index (χ4v) is 6.14. The van der Waals surface area contributed by atoms with Gasteiger partial charge in [-0.25, -0.2) is 4.79 Å². The summed E-state index contributed by atoms with van der Waals surface area (Å²) in [7, 11) is 0. The summed E-state index contributed by atoms with van der Waals surface area (Å²) < 4.78 is 6.26. The van der Waals surface area contributed by atoms with Crippen molar-refractivity contribution in [1.82, 2.24) is 4.90 Å². The molecular weight excluding hydrogens is 358 g/mol. The van der Waals surface area contributed by atoms with Gasteiger partial charge in [0.1, 0.15) is 6.10 Å². The molecule has 2 bridgehead atoms. The molecule has 27 heavy (non-hydrogen) atoms. The lowest BCUT2D eigenvalue weighted by atomic mass is 9.70. The van der Waals surface area contributed by atoms with Gasteiger partial charge < -0.3 is 9.64 Å². The zero-order valence-corrected chi connectivity index (χ0v) is 17.8. The van der Waals surface area contributed by atoms with Crippen LogP contribution in [-0.2, 0) is 4.74 Å². The minimum Gasteiger partial charge on any atom is -0.458 e. The van der Waals surface area contributed by atoms with E-state index in [-0.39, 0.29) is 35.3 Å². The van der Waals surface area contributed by atoms with Gasteiger partial charge in [-0.3, -0.25) is 0 Å². The Bertz CT molecular complexity index is 656. The topological polar surface area (TPSA) is 29.5 Å². The van der Waals surface area contributed by atoms with Gasteiger partial charge in [0.25, 0.3) is 0 Å². The van der Waals surface area contributed by atoms with Gasteiger partial charge in [0.05, 0.1) is 5.56 Å². The smallest absolute Gasteiger partial charge is 0.338 e. The zero-order valence-electron chi connectivity index (χ0n) is 16.9. The highest BCUT2D eigenvalue weighted by Gasteiger charge is 2.67. The van der Waals surface area contributed by atoms with Gasteiger partial charge in [-0.2, -0.15) is 0 Å². The van der Waals surface area contributed by atoms with Gasteiger partial charge in [-0.05, 0) is 62.2 Å². The van der Waals surface area contributed by atoms with E-state index in [2.05, 4.69) is 25.7 Å². The number of nitrogens with zero attached hydrogens (tertiary/aromatic N) is 1. The number of piperidine rings is 1. The van der Waals surface area contributed by atoms with E-state index in [1.807, 2.05) is 30.3 Å². The van der Waals surface area contributed by atoms with Crippen LogP contribution in [-0.4, -0.2) is 36.6 Å². The van der Waals surface area contributed by atoms with E-state index >= 15 is 0 Å². The monoisotopic (exact) mass is 391 g/mol. The maximum atomic E-state index is 12.8. The van der Waals surface area contributed by atoms with Gasteiger partial charge in [0.15, 0.2) is 0 Å². The molecule has 0 amide bonds. The Morgan fingerprint density at radius 1 is 1.11 bits per heavy atom. The second-order valence-corrected chi connectivity index (χ2v) is 9.50. The number of carbonyl (C=O) groups excluding carboxylic acids is 1. The molecule has 2 saturated carbocycles. The van der Waals surface area contributed by atoms with Crippen LogP contribution in [0.4, 0.5) is 0 Å². The Hall–Kier alpha value is -1.06. The number of hydrogen-bond donors (Lipinski definition) is 0. The summed E-state index contributed by atoms with van der Waals surface area (Å²) in [5.41, 5.74) is 0.992. The highest BCUT2D eigenvalue weighted by Crippen LogP contribution is 2.68. The molecule has 1 aliphatic heterocycles. The number of hydrogen-bond acceptors (Lipinski definition) is 3. The lowest BCUT2D eigenvalue weighted by Crippen LogP contribution is -2.45. The average Bonchev–Trinajstić information content (AvgIpc) is 2.96. The molecule has 4 heteroatoms. The predicted octanol–water partition coefficient (Wildman–Crippen LogP) is 5.19. The first-order valence-electron chi connectivity index (χ1n) is 10.4. The second-order valence-electron chi connectivity index (χ2n) is 9.50. The Morgan fingerprint density at radius 3 is 2.44 bits per heavy atom. The van der Waals surface area contributed by atoms with Crippen LogP contribution in [0.5, 0.6) is 0 Å². The van der Waals surface area contributed by atoms with E-state index in [0.29, 0.717) is 17.4 Å². The summed E-state index contributed by atoms with van der Waals surface area (Å²) in [6, 6.07) is 9.49. The number of fused-ring (bicyclic) bond motifs is 2. The van der Waals surface area contributed by atoms with Crippen molar-refractivity contribution in [2.45, 2.75) is 59.0 Å². The van der Waals surface area contributed by atoms with Gasteiger partial charge in [0.2, 0.25) is 0 Å². The largest absolute Gasteiger partial charge is 0.458 e. The highest BCUT2D eigenvalue weighted by molar-refractivity contribution is 5.89. The number of halogens is 1. The third-order valence-electron chi connectivity index (χ3n) is 8.07. The molecule has 0 spiro atoms. The van der Waals surface area contributed by atoms with Crippen LogP contribution >= 0.6 is 12.4 Å². The summed E-state index contributed by atoms with van der Waals surface area (Å²) in [4.78, 5) is 15.5. The fraction of sp³-hybridized carbons (Fsp3) is 0.696. The van der Waals surface area contributed by atoms with Crippen LogP contribution in [0.3, 0.4) is 0 Å². The van der Waals surface area contributed by atoms with Crippen molar-refractivity contribution < 1.29 is 9.53 Å². The van der Waals surface area contributed by atoms with Crippen molar-refractivity contribution in [2.75, 3.05) is 19.6 Å². The third-order valence-corrected chi connectivity index (χ3v) is 8.07. The van der Waals surface area contributed by atoms with Crippen LogP contribution in [0.15, 0.2) is 30.3 Å². The van der Waals surface area contributed by atoms with Crippen LogP contribution in [0, 0.1) is 22.7 Å². The molecule has 3 nitrogen and oxygen atoms in total. The lowest BCUT2D eigenvalue weighted by molar-refractivity contribution is -0.0467. The maximum absolute atomic E-state index is 12.8. The molecule has 4 rings (SSSR count). The quantitative estimate of drug-likeness (QED) is 0.661. The standard InChI is InChI=1S/C23H33NO2.ClH/c1-22(2)19-12-13-23(22,3)20(18(19)16-24-14-8-5-9-15-24)26-21(25)17-10-6-4-7-11-17;/h4,6-7,10-11,18-20H,5,8-9,12-16H2,1-3H3;1H. The van der Waals surface area contributed by atoms with Crippen molar-refractivity contribution in [2.24, 2.45) is 22.7 Å². The predicted molar refractivity (Wildman–Crippen MR) is 111 cm³/mol. The van der Waals surface area contributed by atoms with Crippen LogP contribution in [0.25, 0.3) is 0 Å². The van der Waals surface area contributed by atoms with E-state index in [0.717, 1.165) is 6.54 Å². The summed E-state index contributed by atoms with van der Waals surface area (Å²) >= 11 is 0. The first-order chi connectivity index (χ1) is 12.4. The van der Waals surface area contributed by atoms with E-state index in [1.54, 1.807) is 0 Å². The Kier molecular flexibility index (Phi) is 5.93. The van der Waals surface area contributed by atoms with Crippen LogP contribution in [0.1, 0.15) is 63.2 Å². The molecule has 1 aromatic rings. The molecule has 3 aliphatic rings. The van der Waals surface area contributed by atoms with Gasteiger partial charge >= 0.3 is 5.97 Å². The van der Waals surface area contributed by atoms with Crippen LogP contribution < -0.4 is 0 Å². The summed E-state index contributed by atoms with van der Waals surface area (Å²) in [5, 5.41) is 0. The molecule has 4 unspecified atom stereocenters. The molecule has 0 aromatic heterocycles. The van der Waals surface area contributed by atoms with E-state index in [9.17, 15) is 4.79 Å². The molecule has 3 fully saturated rings. The number of likely N-dealkylation sites (tertiary alicyclic amines) is 1. The van der Waals surface area contributed by atoms with Gasteiger partial charge in [-0.15, -0.1) is 12.4 Å². The maximum Gasteiger partial charge on any atom is 0.338 e. The summed E-state index contributed by atoms with van der Waals surface area (Å²) in [5.74, 6) is 0.973.